The van der Waals surface area contributed by atoms with Crippen molar-refractivity contribution in [2.75, 3.05) is 25.1 Å². The number of anilines is 1. The predicted octanol–water partition coefficient (Wildman–Crippen LogP) is 3.70. The maximum atomic E-state index is 14.0. The van der Waals surface area contributed by atoms with Gasteiger partial charge in [-0.15, -0.1) is 5.10 Å². The van der Waals surface area contributed by atoms with E-state index in [-0.39, 0.29) is 5.75 Å². The monoisotopic (exact) mass is 342 g/mol. The molecule has 2 heterocycles. The summed E-state index contributed by atoms with van der Waals surface area (Å²) in [4.78, 5) is 6.88. The maximum absolute atomic E-state index is 14.0. The lowest BCUT2D eigenvalue weighted by molar-refractivity contribution is 0.201. The van der Waals surface area contributed by atoms with Crippen molar-refractivity contribution in [3.05, 3.63) is 30.2 Å². The Morgan fingerprint density at radius 1 is 1.16 bits per heavy atom. The van der Waals surface area contributed by atoms with E-state index >= 15 is 0 Å². The van der Waals surface area contributed by atoms with Gasteiger partial charge in [0.05, 0.1) is 19.0 Å². The fourth-order valence-corrected chi connectivity index (χ4v) is 4.18. The Kier molecular flexibility index (Phi) is 4.51. The van der Waals surface area contributed by atoms with E-state index < -0.39 is 5.82 Å². The SMILES string of the molecule is COc1ccc(-c2cnnc(N3CC[C@@H]4CCCC[C@H]4C3)n2)cc1F. The number of methoxy groups -OCH3 is 1. The van der Waals surface area contributed by atoms with Crippen molar-refractivity contribution in [1.82, 2.24) is 15.2 Å². The quantitative estimate of drug-likeness (QED) is 0.851. The molecule has 132 valence electrons. The van der Waals surface area contributed by atoms with E-state index in [1.165, 1.54) is 45.3 Å². The highest BCUT2D eigenvalue weighted by Crippen LogP contribution is 2.37. The average Bonchev–Trinajstić information content (AvgIpc) is 2.67. The smallest absolute Gasteiger partial charge is 0.245 e. The Hall–Kier alpha value is -2.24. The van der Waals surface area contributed by atoms with Crippen LogP contribution in [0, 0.1) is 17.7 Å². The second kappa shape index (κ2) is 6.94. The molecule has 0 N–H and O–H groups in total. The summed E-state index contributed by atoms with van der Waals surface area (Å²) in [6.07, 6.45) is 8.16. The molecule has 0 spiro atoms. The van der Waals surface area contributed by atoms with Gasteiger partial charge in [-0.2, -0.15) is 5.10 Å². The van der Waals surface area contributed by atoms with Crippen LogP contribution in [-0.4, -0.2) is 35.4 Å². The molecular weight excluding hydrogens is 319 g/mol. The predicted molar refractivity (Wildman–Crippen MR) is 94.1 cm³/mol. The molecular formula is C19H23FN4O. The van der Waals surface area contributed by atoms with Gasteiger partial charge in [0.25, 0.3) is 0 Å². The molecule has 1 aromatic carbocycles. The first-order chi connectivity index (χ1) is 12.2. The highest BCUT2D eigenvalue weighted by molar-refractivity contribution is 5.60. The Morgan fingerprint density at radius 2 is 2.00 bits per heavy atom. The van der Waals surface area contributed by atoms with Crippen LogP contribution in [-0.2, 0) is 0 Å². The van der Waals surface area contributed by atoms with Crippen LogP contribution in [0.1, 0.15) is 32.1 Å². The number of halogens is 1. The number of benzene rings is 1. The van der Waals surface area contributed by atoms with E-state index in [2.05, 4.69) is 20.1 Å². The van der Waals surface area contributed by atoms with Crippen molar-refractivity contribution >= 4 is 5.95 Å². The average molecular weight is 342 g/mol. The minimum atomic E-state index is -0.400. The van der Waals surface area contributed by atoms with Crippen LogP contribution in [0.5, 0.6) is 5.75 Å². The zero-order valence-corrected chi connectivity index (χ0v) is 14.5. The molecule has 0 unspecified atom stereocenters. The zero-order chi connectivity index (χ0) is 17.2. The molecule has 6 heteroatoms. The van der Waals surface area contributed by atoms with Crippen LogP contribution in [0.15, 0.2) is 24.4 Å². The van der Waals surface area contributed by atoms with Gasteiger partial charge < -0.3 is 9.64 Å². The number of hydrogen-bond donors (Lipinski definition) is 0. The van der Waals surface area contributed by atoms with Crippen molar-refractivity contribution in [3.63, 3.8) is 0 Å². The van der Waals surface area contributed by atoms with Crippen molar-refractivity contribution in [2.45, 2.75) is 32.1 Å². The van der Waals surface area contributed by atoms with E-state index in [0.717, 1.165) is 24.9 Å². The molecule has 0 radical (unpaired) electrons. The highest BCUT2D eigenvalue weighted by Gasteiger charge is 2.32. The standard InChI is InChI=1S/C19H23FN4O/c1-25-18-7-6-14(10-16(18)20)17-11-21-23-19(22-17)24-9-8-13-4-2-3-5-15(13)12-24/h6-7,10-11,13,15H,2-5,8-9,12H2,1H3/t13-,15-/m0/s1. The Morgan fingerprint density at radius 3 is 2.80 bits per heavy atom. The minimum Gasteiger partial charge on any atom is -0.494 e. The molecule has 1 saturated heterocycles. The van der Waals surface area contributed by atoms with Crippen LogP contribution in [0.25, 0.3) is 11.3 Å². The summed E-state index contributed by atoms with van der Waals surface area (Å²) in [5.41, 5.74) is 1.32. The van der Waals surface area contributed by atoms with Crippen LogP contribution >= 0.6 is 0 Å². The maximum Gasteiger partial charge on any atom is 0.245 e. The topological polar surface area (TPSA) is 51.1 Å². The third-order valence-electron chi connectivity index (χ3n) is 5.57. The van der Waals surface area contributed by atoms with E-state index in [0.29, 0.717) is 17.2 Å². The first kappa shape index (κ1) is 16.2. The van der Waals surface area contributed by atoms with Gasteiger partial charge in [-0.05, 0) is 42.9 Å². The summed E-state index contributed by atoms with van der Waals surface area (Å²) in [6.45, 7) is 1.98. The molecule has 2 fully saturated rings. The number of hydrogen-bond acceptors (Lipinski definition) is 5. The number of rotatable bonds is 3. The lowest BCUT2D eigenvalue weighted by Gasteiger charge is -2.41. The van der Waals surface area contributed by atoms with Crippen molar-refractivity contribution in [1.29, 1.82) is 0 Å². The molecule has 5 nitrogen and oxygen atoms in total. The summed E-state index contributed by atoms with van der Waals surface area (Å²) >= 11 is 0. The molecule has 2 aliphatic rings. The largest absolute Gasteiger partial charge is 0.494 e. The van der Waals surface area contributed by atoms with Gasteiger partial charge in [-0.1, -0.05) is 19.3 Å². The van der Waals surface area contributed by atoms with Crippen LogP contribution < -0.4 is 9.64 Å². The first-order valence-corrected chi connectivity index (χ1v) is 9.03. The van der Waals surface area contributed by atoms with Crippen molar-refractivity contribution in [3.8, 4) is 17.0 Å². The molecule has 0 amide bonds. The molecule has 1 aliphatic carbocycles. The fraction of sp³-hybridized carbons (Fsp3) is 0.526. The van der Waals surface area contributed by atoms with Crippen molar-refractivity contribution in [2.24, 2.45) is 11.8 Å². The molecule has 2 atom stereocenters. The van der Waals surface area contributed by atoms with Gasteiger partial charge in [0.15, 0.2) is 11.6 Å². The summed E-state index contributed by atoms with van der Waals surface area (Å²) < 4.78 is 19.0. The van der Waals surface area contributed by atoms with E-state index in [1.807, 2.05) is 0 Å². The zero-order valence-electron chi connectivity index (χ0n) is 14.5. The number of piperidine rings is 1. The second-order valence-electron chi connectivity index (χ2n) is 7.03. The fourth-order valence-electron chi connectivity index (χ4n) is 4.18. The second-order valence-corrected chi connectivity index (χ2v) is 7.03. The lowest BCUT2D eigenvalue weighted by atomic mass is 9.75. The third-order valence-corrected chi connectivity index (χ3v) is 5.57. The molecule has 2 aromatic rings. The Bertz CT molecular complexity index is 754. The lowest BCUT2D eigenvalue weighted by Crippen LogP contribution is -2.42. The molecule has 0 bridgehead atoms. The Balaban J connectivity index is 1.56. The minimum absolute atomic E-state index is 0.227. The van der Waals surface area contributed by atoms with Gasteiger partial charge in [-0.25, -0.2) is 9.37 Å². The van der Waals surface area contributed by atoms with Gasteiger partial charge >= 0.3 is 0 Å². The summed E-state index contributed by atoms with van der Waals surface area (Å²) in [5.74, 6) is 2.08. The summed E-state index contributed by atoms with van der Waals surface area (Å²) in [5, 5.41) is 8.33. The van der Waals surface area contributed by atoms with Gasteiger partial charge in [-0.3, -0.25) is 0 Å². The molecule has 1 aromatic heterocycles. The van der Waals surface area contributed by atoms with Crippen molar-refractivity contribution < 1.29 is 9.13 Å². The molecule has 25 heavy (non-hydrogen) atoms. The molecule has 4 rings (SSSR count). The molecule has 1 saturated carbocycles. The van der Waals surface area contributed by atoms with Crippen LogP contribution in [0.2, 0.25) is 0 Å². The molecule has 1 aliphatic heterocycles. The van der Waals surface area contributed by atoms with Crippen LogP contribution in [0.4, 0.5) is 10.3 Å². The van der Waals surface area contributed by atoms with Crippen LogP contribution in [0.3, 0.4) is 0 Å². The first-order valence-electron chi connectivity index (χ1n) is 9.03. The van der Waals surface area contributed by atoms with Gasteiger partial charge in [0, 0.05) is 18.7 Å². The van der Waals surface area contributed by atoms with E-state index in [9.17, 15) is 4.39 Å². The number of aromatic nitrogens is 3. The number of fused-ring (bicyclic) bond motifs is 1. The van der Waals surface area contributed by atoms with Gasteiger partial charge in [0.1, 0.15) is 0 Å². The summed E-state index contributed by atoms with van der Waals surface area (Å²) in [7, 11) is 1.46. The third kappa shape index (κ3) is 3.30. The van der Waals surface area contributed by atoms with E-state index in [4.69, 9.17) is 4.74 Å². The van der Waals surface area contributed by atoms with Gasteiger partial charge in [0.2, 0.25) is 5.95 Å². The normalized spacial score (nSPS) is 23.2. The van der Waals surface area contributed by atoms with E-state index in [1.54, 1.807) is 18.3 Å². The number of ether oxygens (including phenoxy) is 1. The highest BCUT2D eigenvalue weighted by atomic mass is 19.1. The summed E-state index contributed by atoms with van der Waals surface area (Å²) in [6, 6.07) is 4.84. The Labute approximate surface area is 147 Å². The number of nitrogens with zero attached hydrogens (tertiary/aromatic N) is 4.